The van der Waals surface area contributed by atoms with E-state index in [9.17, 15) is 13.2 Å². The van der Waals surface area contributed by atoms with Crippen LogP contribution in [0.1, 0.15) is 25.7 Å². The topological polar surface area (TPSA) is 80.7 Å². The van der Waals surface area contributed by atoms with Crippen molar-refractivity contribution < 1.29 is 23.1 Å². The molecule has 0 aliphatic heterocycles. The Morgan fingerprint density at radius 1 is 0.963 bits per heavy atom. The third kappa shape index (κ3) is 4.96. The number of ketones is 1. The molecule has 5 nitrogen and oxygen atoms in total. The van der Waals surface area contributed by atoms with Crippen LogP contribution in [0.2, 0.25) is 0 Å². The molecule has 144 valence electrons. The fourth-order valence-corrected chi connectivity index (χ4v) is 5.37. The highest BCUT2D eigenvalue weighted by Gasteiger charge is 2.34. The van der Waals surface area contributed by atoms with E-state index in [0.717, 1.165) is 12.8 Å². The second-order valence-electron chi connectivity index (χ2n) is 6.94. The smallest absolute Gasteiger partial charge is 0.178 e. The van der Waals surface area contributed by atoms with E-state index in [1.54, 1.807) is 24.3 Å². The van der Waals surface area contributed by atoms with Crippen LogP contribution in [0.15, 0.2) is 59.5 Å². The van der Waals surface area contributed by atoms with Crippen LogP contribution in [0.4, 0.5) is 0 Å². The van der Waals surface area contributed by atoms with E-state index in [-0.39, 0.29) is 28.3 Å². The summed E-state index contributed by atoms with van der Waals surface area (Å²) in [6.45, 7) is -0.521. The highest BCUT2D eigenvalue weighted by atomic mass is 32.2. The summed E-state index contributed by atoms with van der Waals surface area (Å²) < 4.78 is 31.3. The van der Waals surface area contributed by atoms with Crippen molar-refractivity contribution in [1.82, 2.24) is 0 Å². The number of carbonyl (C=O) groups excluding carboxylic acids is 1. The summed E-state index contributed by atoms with van der Waals surface area (Å²) in [4.78, 5) is 12.2. The molecule has 0 radical (unpaired) electrons. The van der Waals surface area contributed by atoms with Gasteiger partial charge in [-0.1, -0.05) is 31.0 Å². The first-order chi connectivity index (χ1) is 13.0. The van der Waals surface area contributed by atoms with E-state index in [0.29, 0.717) is 24.3 Å². The van der Waals surface area contributed by atoms with Gasteiger partial charge in [0.2, 0.25) is 0 Å². The van der Waals surface area contributed by atoms with Gasteiger partial charge in [0.25, 0.3) is 0 Å². The van der Waals surface area contributed by atoms with Crippen LogP contribution in [0.5, 0.6) is 11.5 Å². The molecule has 2 aromatic rings. The van der Waals surface area contributed by atoms with Crippen LogP contribution in [0.25, 0.3) is 0 Å². The molecular weight excluding hydrogens is 364 g/mol. The van der Waals surface area contributed by atoms with Crippen molar-refractivity contribution in [2.24, 2.45) is 11.8 Å². The van der Waals surface area contributed by atoms with Crippen molar-refractivity contribution in [1.29, 1.82) is 0 Å². The van der Waals surface area contributed by atoms with Gasteiger partial charge in [0.05, 0.1) is 10.6 Å². The Morgan fingerprint density at radius 2 is 1.59 bits per heavy atom. The van der Waals surface area contributed by atoms with Gasteiger partial charge in [-0.25, -0.2) is 8.42 Å². The summed E-state index contributed by atoms with van der Waals surface area (Å²) in [5.41, 5.74) is 0. The zero-order valence-electron chi connectivity index (χ0n) is 15.1. The lowest BCUT2D eigenvalue weighted by molar-refractivity contribution is -0.128. The van der Waals surface area contributed by atoms with Crippen molar-refractivity contribution in [3.8, 4) is 11.5 Å². The third-order valence-electron chi connectivity index (χ3n) is 5.07. The van der Waals surface area contributed by atoms with E-state index < -0.39 is 16.4 Å². The van der Waals surface area contributed by atoms with E-state index in [1.807, 2.05) is 30.3 Å². The number of benzene rings is 2. The fraction of sp³-hybridized carbons (Fsp3) is 0.381. The Morgan fingerprint density at radius 3 is 2.26 bits per heavy atom. The Bertz CT molecular complexity index is 859. The number of ether oxygens (including phenoxy) is 1. The first kappa shape index (κ1) is 19.6. The molecule has 0 bridgehead atoms. The number of Topliss-reactive ketones (excluding diaryl/α,β-unsaturated/α-hetero) is 1. The summed E-state index contributed by atoms with van der Waals surface area (Å²) in [7, 11) is -3.51. The molecule has 1 aliphatic rings. The van der Waals surface area contributed by atoms with Gasteiger partial charge in [0.15, 0.2) is 15.6 Å². The number of carbonyl (C=O) groups is 1. The molecule has 1 saturated carbocycles. The van der Waals surface area contributed by atoms with Crippen molar-refractivity contribution >= 4 is 15.6 Å². The van der Waals surface area contributed by atoms with Crippen LogP contribution in [0, 0.1) is 11.8 Å². The molecule has 2 atom stereocenters. The SMILES string of the molecule is O=C(CO)C1CCCCC1CS(=O)(=O)c1ccc(Oc2ccccc2)cc1. The fourth-order valence-electron chi connectivity index (χ4n) is 3.67. The first-order valence-electron chi connectivity index (χ1n) is 9.19. The molecule has 0 saturated heterocycles. The van der Waals surface area contributed by atoms with Gasteiger partial charge >= 0.3 is 0 Å². The van der Waals surface area contributed by atoms with Gasteiger partial charge in [-0.15, -0.1) is 0 Å². The second kappa shape index (κ2) is 8.67. The maximum absolute atomic E-state index is 12.8. The molecule has 27 heavy (non-hydrogen) atoms. The van der Waals surface area contributed by atoms with E-state index in [4.69, 9.17) is 9.84 Å². The van der Waals surface area contributed by atoms with Gasteiger partial charge in [-0.2, -0.15) is 0 Å². The number of para-hydroxylation sites is 1. The predicted molar refractivity (Wildman–Crippen MR) is 103 cm³/mol. The Balaban J connectivity index is 1.71. The molecule has 2 aromatic carbocycles. The maximum Gasteiger partial charge on any atom is 0.178 e. The summed E-state index contributed by atoms with van der Waals surface area (Å²) in [5.74, 6) is 0.332. The minimum Gasteiger partial charge on any atom is -0.457 e. The van der Waals surface area contributed by atoms with E-state index in [2.05, 4.69) is 0 Å². The second-order valence-corrected chi connectivity index (χ2v) is 8.98. The number of aliphatic hydroxyl groups excluding tert-OH is 1. The molecule has 0 amide bonds. The Hall–Kier alpha value is -2.18. The van der Waals surface area contributed by atoms with Crippen molar-refractivity contribution in [3.05, 3.63) is 54.6 Å². The minimum atomic E-state index is -3.51. The molecule has 1 fully saturated rings. The van der Waals surface area contributed by atoms with Crippen LogP contribution < -0.4 is 4.74 Å². The average Bonchev–Trinajstić information content (AvgIpc) is 2.69. The largest absolute Gasteiger partial charge is 0.457 e. The quantitative estimate of drug-likeness (QED) is 0.783. The number of hydrogen-bond acceptors (Lipinski definition) is 5. The lowest BCUT2D eigenvalue weighted by Crippen LogP contribution is -2.33. The Kier molecular flexibility index (Phi) is 6.29. The van der Waals surface area contributed by atoms with Crippen molar-refractivity contribution in [2.75, 3.05) is 12.4 Å². The van der Waals surface area contributed by atoms with Crippen LogP contribution in [-0.2, 0) is 14.6 Å². The zero-order chi connectivity index (χ0) is 19.3. The standard InChI is InChI=1S/C21H24O5S/c22-14-21(23)20-9-5-4-6-16(20)15-27(24,25)19-12-10-18(11-13-19)26-17-7-2-1-3-8-17/h1-3,7-8,10-13,16,20,22H,4-6,9,14-15H2. The predicted octanol–water partition coefficient (Wildman–Crippen LogP) is 3.62. The van der Waals surface area contributed by atoms with Gasteiger partial charge in [0, 0.05) is 5.92 Å². The number of rotatable bonds is 7. The van der Waals surface area contributed by atoms with E-state index >= 15 is 0 Å². The van der Waals surface area contributed by atoms with Crippen molar-refractivity contribution in [3.63, 3.8) is 0 Å². The molecular formula is C21H24O5S. The molecule has 1 N–H and O–H groups in total. The summed E-state index contributed by atoms with van der Waals surface area (Å²) >= 11 is 0. The maximum atomic E-state index is 12.8. The van der Waals surface area contributed by atoms with Crippen LogP contribution >= 0.6 is 0 Å². The van der Waals surface area contributed by atoms with Gasteiger partial charge in [-0.05, 0) is 55.2 Å². The van der Waals surface area contributed by atoms with Gasteiger partial charge < -0.3 is 9.84 Å². The normalized spacial score (nSPS) is 20.2. The summed E-state index contributed by atoms with van der Waals surface area (Å²) in [6.07, 6.45) is 3.17. The first-order valence-corrected chi connectivity index (χ1v) is 10.8. The van der Waals surface area contributed by atoms with Crippen LogP contribution in [0.3, 0.4) is 0 Å². The monoisotopic (exact) mass is 388 g/mol. The lowest BCUT2D eigenvalue weighted by atomic mass is 9.78. The number of hydrogen-bond donors (Lipinski definition) is 1. The molecule has 1 aliphatic carbocycles. The highest BCUT2D eigenvalue weighted by Crippen LogP contribution is 2.33. The Labute approximate surface area is 159 Å². The zero-order valence-corrected chi connectivity index (χ0v) is 15.9. The van der Waals surface area contributed by atoms with Crippen molar-refractivity contribution in [2.45, 2.75) is 30.6 Å². The minimum absolute atomic E-state index is 0.0672. The van der Waals surface area contributed by atoms with Crippen LogP contribution in [-0.4, -0.2) is 31.7 Å². The molecule has 0 spiro atoms. The molecule has 6 heteroatoms. The average molecular weight is 388 g/mol. The highest BCUT2D eigenvalue weighted by molar-refractivity contribution is 7.91. The van der Waals surface area contributed by atoms with Gasteiger partial charge in [0.1, 0.15) is 18.1 Å². The lowest BCUT2D eigenvalue weighted by Gasteiger charge is -2.29. The molecule has 0 aromatic heterocycles. The summed E-state index contributed by atoms with van der Waals surface area (Å²) in [5, 5.41) is 9.16. The third-order valence-corrected chi connectivity index (χ3v) is 6.93. The summed E-state index contributed by atoms with van der Waals surface area (Å²) in [6, 6.07) is 15.6. The number of aliphatic hydroxyl groups is 1. The van der Waals surface area contributed by atoms with Gasteiger partial charge in [-0.3, -0.25) is 4.79 Å². The molecule has 0 heterocycles. The number of sulfone groups is 1. The molecule has 2 unspecified atom stereocenters. The molecule has 3 rings (SSSR count). The van der Waals surface area contributed by atoms with E-state index in [1.165, 1.54) is 0 Å².